The van der Waals surface area contributed by atoms with Gasteiger partial charge >= 0.3 is 5.69 Å². The van der Waals surface area contributed by atoms with Gasteiger partial charge in [-0.15, -0.1) is 0 Å². The molecule has 1 N–H and O–H groups in total. The maximum absolute atomic E-state index is 13.1. The monoisotopic (exact) mass is 279 g/mol. The molecule has 0 bridgehead atoms. The van der Waals surface area contributed by atoms with Crippen molar-refractivity contribution in [3.63, 3.8) is 0 Å². The third kappa shape index (κ3) is 2.23. The molecule has 0 aliphatic heterocycles. The van der Waals surface area contributed by atoms with E-state index in [1.165, 1.54) is 0 Å². The number of nitro benzene ring substituents is 1. The molecule has 0 fully saturated rings. The molecule has 0 aliphatic carbocycles. The van der Waals surface area contributed by atoms with Crippen LogP contribution in [0.2, 0.25) is 0 Å². The molecule has 0 aliphatic rings. The van der Waals surface area contributed by atoms with Gasteiger partial charge in [0, 0.05) is 23.9 Å². The summed E-state index contributed by atoms with van der Waals surface area (Å²) in [7, 11) is 0. The summed E-state index contributed by atoms with van der Waals surface area (Å²) in [5, 5.41) is 10.5. The minimum atomic E-state index is -1.39. The Balaban J connectivity index is 2.52. The Hall–Kier alpha value is -3.10. The predicted octanol–water partition coefficient (Wildman–Crippen LogP) is 0.272. The van der Waals surface area contributed by atoms with E-state index in [-0.39, 0.29) is 15.8 Å². The average Bonchev–Trinajstić information content (AvgIpc) is 2.43. The first-order valence-corrected chi connectivity index (χ1v) is 5.21. The van der Waals surface area contributed by atoms with Crippen molar-refractivity contribution >= 4 is 11.6 Å². The zero-order valence-electron chi connectivity index (χ0n) is 9.70. The number of aromatic amines is 1. The van der Waals surface area contributed by atoms with Crippen molar-refractivity contribution in [1.82, 2.24) is 9.55 Å². The van der Waals surface area contributed by atoms with Gasteiger partial charge in [-0.25, -0.2) is 4.79 Å². The van der Waals surface area contributed by atoms with Gasteiger partial charge in [0.15, 0.2) is 0 Å². The highest BCUT2D eigenvalue weighted by atomic mass is 19.1. The Bertz CT molecular complexity index is 806. The van der Waals surface area contributed by atoms with Crippen LogP contribution < -0.4 is 11.2 Å². The van der Waals surface area contributed by atoms with E-state index in [2.05, 4.69) is 0 Å². The molecule has 0 atom stereocenters. The number of H-pyrrole nitrogens is 1. The van der Waals surface area contributed by atoms with E-state index in [9.17, 15) is 28.9 Å². The Morgan fingerprint density at radius 1 is 1.25 bits per heavy atom. The molecule has 0 radical (unpaired) electrons. The van der Waals surface area contributed by atoms with Crippen molar-refractivity contribution < 1.29 is 14.1 Å². The zero-order chi connectivity index (χ0) is 14.9. The van der Waals surface area contributed by atoms with Crippen molar-refractivity contribution in [3.05, 3.63) is 72.8 Å². The molecule has 2 rings (SSSR count). The number of benzene rings is 1. The SMILES string of the molecule is O=C(c1ccc([N+](=O)[O-])cc1)n1c(=O)[nH]cc(F)c1=O. The molecule has 0 saturated heterocycles. The van der Waals surface area contributed by atoms with Crippen molar-refractivity contribution in [2.45, 2.75) is 0 Å². The molecule has 20 heavy (non-hydrogen) atoms. The summed E-state index contributed by atoms with van der Waals surface area (Å²) in [5.74, 6) is -2.37. The van der Waals surface area contributed by atoms with Gasteiger partial charge in [0.05, 0.1) is 4.92 Å². The lowest BCUT2D eigenvalue weighted by Gasteiger charge is -2.02. The second-order valence-corrected chi connectivity index (χ2v) is 3.69. The van der Waals surface area contributed by atoms with Gasteiger partial charge in [0.2, 0.25) is 5.82 Å². The molecule has 8 nitrogen and oxygen atoms in total. The van der Waals surface area contributed by atoms with Crippen LogP contribution in [-0.2, 0) is 0 Å². The quantitative estimate of drug-likeness (QED) is 0.626. The number of halogens is 1. The number of hydrogen-bond acceptors (Lipinski definition) is 5. The Morgan fingerprint density at radius 2 is 1.85 bits per heavy atom. The summed E-state index contributed by atoms with van der Waals surface area (Å²) in [4.78, 5) is 46.4. The van der Waals surface area contributed by atoms with E-state index in [1.807, 2.05) is 4.98 Å². The molecule has 1 aromatic heterocycles. The Morgan fingerprint density at radius 3 is 2.40 bits per heavy atom. The van der Waals surface area contributed by atoms with Crippen LogP contribution in [0.3, 0.4) is 0 Å². The molecular formula is C11H6FN3O5. The van der Waals surface area contributed by atoms with Crippen LogP contribution in [0.15, 0.2) is 40.1 Å². The second-order valence-electron chi connectivity index (χ2n) is 3.69. The number of nitrogens with zero attached hydrogens (tertiary/aromatic N) is 2. The maximum atomic E-state index is 13.1. The molecule has 0 amide bonds. The molecule has 2 aromatic rings. The Labute approximate surface area is 109 Å². The van der Waals surface area contributed by atoms with Gasteiger partial charge in [0.25, 0.3) is 17.2 Å². The van der Waals surface area contributed by atoms with Gasteiger partial charge in [-0.05, 0) is 12.1 Å². The fourth-order valence-corrected chi connectivity index (χ4v) is 1.49. The lowest BCUT2D eigenvalue weighted by molar-refractivity contribution is -0.384. The van der Waals surface area contributed by atoms with Crippen molar-refractivity contribution in [2.75, 3.05) is 0 Å². The van der Waals surface area contributed by atoms with Gasteiger partial charge in [-0.1, -0.05) is 0 Å². The van der Waals surface area contributed by atoms with Crippen LogP contribution >= 0.6 is 0 Å². The lowest BCUT2D eigenvalue weighted by Crippen LogP contribution is -2.41. The van der Waals surface area contributed by atoms with Crippen LogP contribution in [-0.4, -0.2) is 20.4 Å². The summed E-state index contributed by atoms with van der Waals surface area (Å²) < 4.78 is 13.1. The number of carbonyl (C=O) groups excluding carboxylic acids is 1. The average molecular weight is 279 g/mol. The number of carbonyl (C=O) groups is 1. The zero-order valence-corrected chi connectivity index (χ0v) is 9.70. The van der Waals surface area contributed by atoms with Gasteiger partial charge < -0.3 is 4.98 Å². The number of hydrogen-bond donors (Lipinski definition) is 1. The van der Waals surface area contributed by atoms with Crippen LogP contribution in [0.5, 0.6) is 0 Å². The van der Waals surface area contributed by atoms with Crippen molar-refractivity contribution in [3.8, 4) is 0 Å². The third-order valence-electron chi connectivity index (χ3n) is 2.46. The Kier molecular flexibility index (Phi) is 3.25. The largest absolute Gasteiger partial charge is 0.335 e. The normalized spacial score (nSPS) is 10.2. The van der Waals surface area contributed by atoms with Gasteiger partial charge in [-0.3, -0.25) is 19.7 Å². The molecular weight excluding hydrogens is 273 g/mol. The maximum Gasteiger partial charge on any atom is 0.335 e. The molecule has 9 heteroatoms. The summed E-state index contributed by atoms with van der Waals surface area (Å²) in [6.07, 6.45) is 0.546. The first-order chi connectivity index (χ1) is 9.41. The van der Waals surface area contributed by atoms with E-state index >= 15 is 0 Å². The second kappa shape index (κ2) is 4.88. The van der Waals surface area contributed by atoms with E-state index in [4.69, 9.17) is 0 Å². The number of nitro groups is 1. The smallest absolute Gasteiger partial charge is 0.311 e. The standard InChI is InChI=1S/C11H6FN3O5/c12-8-5-13-11(18)14(10(8)17)9(16)6-1-3-7(4-2-6)15(19)20/h1-5H,(H,13,18). The van der Waals surface area contributed by atoms with Crippen LogP contribution in [0.25, 0.3) is 0 Å². The minimum absolute atomic E-state index is 0.0799. The summed E-state index contributed by atoms with van der Waals surface area (Å²) >= 11 is 0. The van der Waals surface area contributed by atoms with Gasteiger partial charge in [0.1, 0.15) is 0 Å². The topological polar surface area (TPSA) is 115 Å². The lowest BCUT2D eigenvalue weighted by atomic mass is 10.2. The third-order valence-corrected chi connectivity index (χ3v) is 2.46. The number of rotatable bonds is 2. The fraction of sp³-hybridized carbons (Fsp3) is 0. The molecule has 102 valence electrons. The highest BCUT2D eigenvalue weighted by Gasteiger charge is 2.17. The van der Waals surface area contributed by atoms with E-state index in [0.29, 0.717) is 6.20 Å². The number of nitrogens with one attached hydrogen (secondary N) is 1. The fourth-order valence-electron chi connectivity index (χ4n) is 1.49. The molecule has 1 aromatic carbocycles. The van der Waals surface area contributed by atoms with Crippen LogP contribution in [0, 0.1) is 15.9 Å². The number of aromatic nitrogens is 2. The van der Waals surface area contributed by atoms with E-state index < -0.39 is 27.9 Å². The van der Waals surface area contributed by atoms with Crippen LogP contribution in [0.1, 0.15) is 10.4 Å². The number of non-ortho nitro benzene ring substituents is 1. The van der Waals surface area contributed by atoms with Crippen molar-refractivity contribution in [2.24, 2.45) is 0 Å². The molecule has 0 spiro atoms. The first-order valence-electron chi connectivity index (χ1n) is 5.21. The van der Waals surface area contributed by atoms with Crippen LogP contribution in [0.4, 0.5) is 10.1 Å². The molecule has 1 heterocycles. The summed E-state index contributed by atoms with van der Waals surface area (Å²) in [5.41, 5.74) is -2.91. The van der Waals surface area contributed by atoms with E-state index in [0.717, 1.165) is 24.3 Å². The first kappa shape index (κ1) is 13.3. The summed E-state index contributed by atoms with van der Waals surface area (Å²) in [6.45, 7) is 0. The summed E-state index contributed by atoms with van der Waals surface area (Å²) in [6, 6.07) is 4.20. The van der Waals surface area contributed by atoms with Crippen molar-refractivity contribution in [1.29, 1.82) is 0 Å². The molecule has 0 unspecified atom stereocenters. The minimum Gasteiger partial charge on any atom is -0.311 e. The highest BCUT2D eigenvalue weighted by molar-refractivity contribution is 5.95. The predicted molar refractivity (Wildman–Crippen MR) is 64.1 cm³/mol. The highest BCUT2D eigenvalue weighted by Crippen LogP contribution is 2.12. The van der Waals surface area contributed by atoms with E-state index in [1.54, 1.807) is 0 Å². The van der Waals surface area contributed by atoms with Gasteiger partial charge in [-0.2, -0.15) is 8.96 Å². The molecule has 0 saturated carbocycles.